The Labute approximate surface area is 158 Å². The van der Waals surface area contributed by atoms with E-state index in [2.05, 4.69) is 10.0 Å². The summed E-state index contributed by atoms with van der Waals surface area (Å²) in [5.74, 6) is -0.909. The van der Waals surface area contributed by atoms with Crippen LogP contribution in [0.3, 0.4) is 0 Å². The summed E-state index contributed by atoms with van der Waals surface area (Å²) >= 11 is 0. The summed E-state index contributed by atoms with van der Waals surface area (Å²) in [5, 5.41) is 3.68. The first kappa shape index (κ1) is 20.3. The van der Waals surface area contributed by atoms with Gasteiger partial charge in [0.2, 0.25) is 21.8 Å². The Kier molecular flexibility index (Phi) is 6.86. The Hall–Kier alpha value is -2.97. The summed E-state index contributed by atoms with van der Waals surface area (Å²) < 4.78 is 26.2. The predicted octanol–water partition coefficient (Wildman–Crippen LogP) is 2.01. The van der Waals surface area contributed by atoms with Crippen LogP contribution in [0.25, 0.3) is 6.08 Å². The summed E-state index contributed by atoms with van der Waals surface area (Å²) in [6.45, 7) is 1.91. The van der Waals surface area contributed by atoms with Crippen molar-refractivity contribution >= 4 is 33.6 Å². The number of hydrogen-bond donors (Lipinski definition) is 3. The van der Waals surface area contributed by atoms with E-state index in [-0.39, 0.29) is 18.9 Å². The second-order valence-electron chi connectivity index (χ2n) is 5.89. The van der Waals surface area contributed by atoms with E-state index < -0.39 is 15.9 Å². The van der Waals surface area contributed by atoms with Gasteiger partial charge in [0.15, 0.2) is 0 Å². The Balaban J connectivity index is 1.80. The highest BCUT2D eigenvalue weighted by atomic mass is 32.2. The molecule has 0 heterocycles. The van der Waals surface area contributed by atoms with Crippen LogP contribution in [0.4, 0.5) is 5.69 Å². The van der Waals surface area contributed by atoms with Gasteiger partial charge in [-0.25, -0.2) is 13.1 Å². The van der Waals surface area contributed by atoms with E-state index in [9.17, 15) is 18.0 Å². The molecular weight excluding hydrogens is 366 g/mol. The van der Waals surface area contributed by atoms with Gasteiger partial charge in [-0.1, -0.05) is 29.8 Å². The molecule has 2 aromatic rings. The van der Waals surface area contributed by atoms with E-state index >= 15 is 0 Å². The molecule has 0 unspecified atom stereocenters. The SMILES string of the molecule is Cc1ccc(/C=C/S(=O)(=O)NCCC(=O)Nc2ccc(C(N)=O)cc2)cc1. The first-order chi connectivity index (χ1) is 12.7. The van der Waals surface area contributed by atoms with Crippen LogP contribution in [-0.2, 0) is 14.8 Å². The standard InChI is InChI=1S/C19H21N3O4S/c1-14-2-4-15(5-3-14)11-13-27(25,26)21-12-10-18(23)22-17-8-6-16(7-9-17)19(20)24/h2-9,11,13,21H,10,12H2,1H3,(H2,20,24)(H,22,23)/b13-11+. The maximum absolute atomic E-state index is 11.9. The highest BCUT2D eigenvalue weighted by Crippen LogP contribution is 2.09. The highest BCUT2D eigenvalue weighted by Gasteiger charge is 2.08. The molecule has 0 aliphatic rings. The second-order valence-corrected chi connectivity index (χ2v) is 7.54. The van der Waals surface area contributed by atoms with Gasteiger partial charge in [0.05, 0.1) is 0 Å². The van der Waals surface area contributed by atoms with E-state index in [1.54, 1.807) is 12.1 Å². The molecule has 142 valence electrons. The van der Waals surface area contributed by atoms with Crippen molar-refractivity contribution in [1.82, 2.24) is 4.72 Å². The lowest BCUT2D eigenvalue weighted by molar-refractivity contribution is -0.116. The Morgan fingerprint density at radius 1 is 1.04 bits per heavy atom. The van der Waals surface area contributed by atoms with Crippen LogP contribution >= 0.6 is 0 Å². The predicted molar refractivity (Wildman–Crippen MR) is 105 cm³/mol. The van der Waals surface area contributed by atoms with Crippen LogP contribution in [0.1, 0.15) is 27.9 Å². The topological polar surface area (TPSA) is 118 Å². The molecule has 0 aliphatic carbocycles. The molecule has 2 rings (SSSR count). The third kappa shape index (κ3) is 7.04. The van der Waals surface area contributed by atoms with E-state index in [0.29, 0.717) is 11.3 Å². The molecule has 0 bridgehead atoms. The van der Waals surface area contributed by atoms with Crippen molar-refractivity contribution in [2.75, 3.05) is 11.9 Å². The number of carbonyl (C=O) groups is 2. The molecule has 0 radical (unpaired) electrons. The van der Waals surface area contributed by atoms with E-state index in [1.807, 2.05) is 31.2 Å². The lowest BCUT2D eigenvalue weighted by Gasteiger charge is -2.06. The highest BCUT2D eigenvalue weighted by molar-refractivity contribution is 7.92. The minimum Gasteiger partial charge on any atom is -0.366 e. The molecule has 2 aromatic carbocycles. The lowest BCUT2D eigenvalue weighted by atomic mass is 10.2. The smallest absolute Gasteiger partial charge is 0.248 e. The van der Waals surface area contributed by atoms with Crippen molar-refractivity contribution in [2.24, 2.45) is 5.73 Å². The zero-order chi connectivity index (χ0) is 19.9. The molecule has 0 aliphatic heterocycles. The van der Waals surface area contributed by atoms with Gasteiger partial charge < -0.3 is 11.1 Å². The number of rotatable bonds is 8. The first-order valence-electron chi connectivity index (χ1n) is 8.19. The van der Waals surface area contributed by atoms with Crippen molar-refractivity contribution < 1.29 is 18.0 Å². The average molecular weight is 387 g/mol. The maximum Gasteiger partial charge on any atom is 0.248 e. The molecule has 27 heavy (non-hydrogen) atoms. The van der Waals surface area contributed by atoms with Crippen molar-refractivity contribution in [3.63, 3.8) is 0 Å². The molecular formula is C19H21N3O4S. The van der Waals surface area contributed by atoms with Crippen LogP contribution in [-0.4, -0.2) is 26.8 Å². The number of aryl methyl sites for hydroxylation is 1. The van der Waals surface area contributed by atoms with Crippen LogP contribution in [0.5, 0.6) is 0 Å². The number of anilines is 1. The molecule has 2 amide bonds. The third-order valence-corrected chi connectivity index (χ3v) is 4.73. The van der Waals surface area contributed by atoms with Gasteiger partial charge >= 0.3 is 0 Å². The van der Waals surface area contributed by atoms with Gasteiger partial charge in [-0.05, 0) is 42.8 Å². The van der Waals surface area contributed by atoms with Crippen LogP contribution in [0, 0.1) is 6.92 Å². The van der Waals surface area contributed by atoms with Crippen LogP contribution < -0.4 is 15.8 Å². The molecule has 0 fully saturated rings. The van der Waals surface area contributed by atoms with E-state index in [0.717, 1.165) is 16.5 Å². The number of carbonyl (C=O) groups excluding carboxylic acids is 2. The lowest BCUT2D eigenvalue weighted by Crippen LogP contribution is -2.26. The van der Waals surface area contributed by atoms with Gasteiger partial charge in [0, 0.05) is 29.6 Å². The van der Waals surface area contributed by atoms with Crippen molar-refractivity contribution in [1.29, 1.82) is 0 Å². The molecule has 4 N–H and O–H groups in total. The van der Waals surface area contributed by atoms with Crippen LogP contribution in [0.15, 0.2) is 53.9 Å². The molecule has 0 saturated heterocycles. The molecule has 0 spiro atoms. The summed E-state index contributed by atoms with van der Waals surface area (Å²) in [5.41, 5.74) is 7.82. The van der Waals surface area contributed by atoms with Gasteiger partial charge in [-0.2, -0.15) is 0 Å². The monoisotopic (exact) mass is 387 g/mol. The summed E-state index contributed by atoms with van der Waals surface area (Å²) in [6, 6.07) is 13.5. The van der Waals surface area contributed by atoms with Gasteiger partial charge in [0.1, 0.15) is 0 Å². The number of hydrogen-bond acceptors (Lipinski definition) is 4. The largest absolute Gasteiger partial charge is 0.366 e. The number of nitrogens with two attached hydrogens (primary N) is 1. The quantitative estimate of drug-likeness (QED) is 0.642. The number of benzene rings is 2. The maximum atomic E-state index is 11.9. The van der Waals surface area contributed by atoms with Gasteiger partial charge in [-0.3, -0.25) is 9.59 Å². The van der Waals surface area contributed by atoms with E-state index in [4.69, 9.17) is 5.73 Å². The third-order valence-electron chi connectivity index (χ3n) is 3.63. The first-order valence-corrected chi connectivity index (χ1v) is 9.74. The minimum absolute atomic E-state index is 0.0326. The number of nitrogens with one attached hydrogen (secondary N) is 2. The van der Waals surface area contributed by atoms with Crippen molar-refractivity contribution in [3.8, 4) is 0 Å². The molecule has 0 saturated carbocycles. The number of amides is 2. The summed E-state index contributed by atoms with van der Waals surface area (Å²) in [7, 11) is -3.64. The van der Waals surface area contributed by atoms with E-state index in [1.165, 1.54) is 18.2 Å². The Bertz CT molecular complexity index is 934. The fraction of sp³-hybridized carbons (Fsp3) is 0.158. The van der Waals surface area contributed by atoms with Gasteiger partial charge in [-0.15, -0.1) is 0 Å². The Morgan fingerprint density at radius 3 is 2.26 bits per heavy atom. The number of sulfonamides is 1. The molecule has 0 atom stereocenters. The zero-order valence-electron chi connectivity index (χ0n) is 14.8. The fourth-order valence-corrected chi connectivity index (χ4v) is 2.96. The molecule has 7 nitrogen and oxygen atoms in total. The van der Waals surface area contributed by atoms with Crippen molar-refractivity contribution in [2.45, 2.75) is 13.3 Å². The van der Waals surface area contributed by atoms with Gasteiger partial charge in [0.25, 0.3) is 0 Å². The normalized spacial score (nSPS) is 11.4. The Morgan fingerprint density at radius 2 is 1.67 bits per heavy atom. The second kappa shape index (κ2) is 9.11. The average Bonchev–Trinajstić information content (AvgIpc) is 2.61. The summed E-state index contributed by atoms with van der Waals surface area (Å²) in [6.07, 6.45) is 1.46. The zero-order valence-corrected chi connectivity index (χ0v) is 15.6. The summed E-state index contributed by atoms with van der Waals surface area (Å²) in [4.78, 5) is 22.9. The minimum atomic E-state index is -3.64. The molecule has 8 heteroatoms. The van der Waals surface area contributed by atoms with Crippen molar-refractivity contribution in [3.05, 3.63) is 70.6 Å². The molecule has 0 aromatic heterocycles. The fourth-order valence-electron chi connectivity index (χ4n) is 2.14. The van der Waals surface area contributed by atoms with Crippen LogP contribution in [0.2, 0.25) is 0 Å². The number of primary amides is 1.